The number of nitrogens with one attached hydrogen (secondary N) is 1. The molecule has 0 radical (unpaired) electrons. The van der Waals surface area contributed by atoms with Crippen LogP contribution in [0.25, 0.3) is 0 Å². The van der Waals surface area contributed by atoms with E-state index in [1.54, 1.807) is 6.92 Å². The second-order valence-electron chi connectivity index (χ2n) is 8.19. The SMILES string of the molecule is CC(C)CC1(C)NC(=O)N(CN2CCN(S(=O)(=O)c3ccccc3F)CC2)C1=O. The zero-order chi connectivity index (χ0) is 21.4. The zero-order valence-electron chi connectivity index (χ0n) is 16.9. The maximum Gasteiger partial charge on any atom is 0.326 e. The van der Waals surface area contributed by atoms with E-state index in [4.69, 9.17) is 0 Å². The van der Waals surface area contributed by atoms with Crippen LogP contribution in [0.3, 0.4) is 0 Å². The summed E-state index contributed by atoms with van der Waals surface area (Å²) in [5.41, 5.74) is -0.915. The van der Waals surface area contributed by atoms with Crippen LogP contribution in [-0.2, 0) is 14.8 Å². The number of halogens is 1. The van der Waals surface area contributed by atoms with Crippen molar-refractivity contribution in [2.75, 3.05) is 32.8 Å². The molecule has 3 rings (SSSR count). The average Bonchev–Trinajstić information content (AvgIpc) is 2.84. The van der Waals surface area contributed by atoms with Crippen LogP contribution in [0.15, 0.2) is 29.2 Å². The van der Waals surface area contributed by atoms with Gasteiger partial charge >= 0.3 is 6.03 Å². The van der Waals surface area contributed by atoms with Crippen LogP contribution in [-0.4, -0.2) is 72.8 Å². The molecule has 3 amide bonds. The van der Waals surface area contributed by atoms with E-state index in [9.17, 15) is 22.4 Å². The van der Waals surface area contributed by atoms with Gasteiger partial charge in [0.1, 0.15) is 16.3 Å². The summed E-state index contributed by atoms with van der Waals surface area (Å²) in [5.74, 6) is -0.798. The van der Waals surface area contributed by atoms with Crippen molar-refractivity contribution in [2.45, 2.75) is 37.6 Å². The lowest BCUT2D eigenvalue weighted by Gasteiger charge is -2.35. The second kappa shape index (κ2) is 8.00. The van der Waals surface area contributed by atoms with Crippen LogP contribution in [0.5, 0.6) is 0 Å². The lowest BCUT2D eigenvalue weighted by atomic mass is 9.91. The minimum Gasteiger partial charge on any atom is -0.323 e. The molecule has 1 aromatic rings. The van der Waals surface area contributed by atoms with Crippen molar-refractivity contribution in [3.8, 4) is 0 Å². The van der Waals surface area contributed by atoms with Crippen molar-refractivity contribution in [1.82, 2.24) is 19.4 Å². The van der Waals surface area contributed by atoms with Crippen molar-refractivity contribution in [3.63, 3.8) is 0 Å². The Labute approximate surface area is 170 Å². The van der Waals surface area contributed by atoms with Crippen LogP contribution < -0.4 is 5.32 Å². The molecule has 1 unspecified atom stereocenters. The van der Waals surface area contributed by atoms with E-state index in [1.165, 1.54) is 27.4 Å². The van der Waals surface area contributed by atoms with Crippen molar-refractivity contribution in [2.24, 2.45) is 5.92 Å². The molecule has 2 fully saturated rings. The Morgan fingerprint density at radius 3 is 2.34 bits per heavy atom. The first-order valence-electron chi connectivity index (χ1n) is 9.66. The van der Waals surface area contributed by atoms with Gasteiger partial charge in [0, 0.05) is 26.2 Å². The standard InChI is InChI=1S/C19H27FN4O4S/c1-14(2)12-19(3)17(25)24(18(26)21-19)13-22-8-10-23(11-9-22)29(27,28)16-7-5-4-6-15(16)20/h4-7,14H,8-13H2,1-3H3,(H,21,26). The van der Waals surface area contributed by atoms with E-state index >= 15 is 0 Å². The second-order valence-corrected chi connectivity index (χ2v) is 10.1. The molecular formula is C19H27FN4O4S. The van der Waals surface area contributed by atoms with Gasteiger partial charge in [0.2, 0.25) is 10.0 Å². The van der Waals surface area contributed by atoms with Gasteiger partial charge in [-0.15, -0.1) is 0 Å². The van der Waals surface area contributed by atoms with E-state index in [-0.39, 0.29) is 36.5 Å². The maximum absolute atomic E-state index is 13.9. The first kappa shape index (κ1) is 21.7. The van der Waals surface area contributed by atoms with Gasteiger partial charge in [0.05, 0.1) is 6.67 Å². The van der Waals surface area contributed by atoms with Crippen molar-refractivity contribution in [3.05, 3.63) is 30.1 Å². The summed E-state index contributed by atoms with van der Waals surface area (Å²) >= 11 is 0. The summed E-state index contributed by atoms with van der Waals surface area (Å²) < 4.78 is 40.5. The summed E-state index contributed by atoms with van der Waals surface area (Å²) in [6.07, 6.45) is 0.544. The third-order valence-corrected chi connectivity index (χ3v) is 7.22. The Morgan fingerprint density at radius 2 is 1.76 bits per heavy atom. The molecule has 29 heavy (non-hydrogen) atoms. The summed E-state index contributed by atoms with van der Waals surface area (Å²) in [5, 5.41) is 2.77. The maximum atomic E-state index is 13.9. The molecule has 0 spiro atoms. The monoisotopic (exact) mass is 426 g/mol. The summed E-state index contributed by atoms with van der Waals surface area (Å²) in [6.45, 7) is 6.80. The molecule has 0 aromatic heterocycles. The van der Waals surface area contributed by atoms with Gasteiger partial charge in [0.25, 0.3) is 5.91 Å². The molecule has 160 valence electrons. The Hall–Kier alpha value is -2.04. The predicted octanol–water partition coefficient (Wildman–Crippen LogP) is 1.45. The van der Waals surface area contributed by atoms with Crippen LogP contribution in [0.2, 0.25) is 0 Å². The average molecular weight is 427 g/mol. The molecule has 0 bridgehead atoms. The molecular weight excluding hydrogens is 399 g/mol. The van der Waals surface area contributed by atoms with Gasteiger partial charge in [-0.2, -0.15) is 4.31 Å². The number of hydrogen-bond donors (Lipinski definition) is 1. The Balaban J connectivity index is 1.63. The van der Waals surface area contributed by atoms with Gasteiger partial charge in [-0.3, -0.25) is 9.69 Å². The number of carbonyl (C=O) groups is 2. The van der Waals surface area contributed by atoms with Gasteiger partial charge < -0.3 is 5.32 Å². The fourth-order valence-electron chi connectivity index (χ4n) is 3.93. The van der Waals surface area contributed by atoms with E-state index in [2.05, 4.69) is 5.32 Å². The number of amides is 3. The third-order valence-electron chi connectivity index (χ3n) is 5.29. The number of urea groups is 1. The first-order chi connectivity index (χ1) is 13.5. The van der Waals surface area contributed by atoms with Gasteiger partial charge in [0.15, 0.2) is 0 Å². The summed E-state index contributed by atoms with van der Waals surface area (Å²) in [4.78, 5) is 27.8. The van der Waals surface area contributed by atoms with Crippen LogP contribution >= 0.6 is 0 Å². The van der Waals surface area contributed by atoms with Gasteiger partial charge in [-0.1, -0.05) is 26.0 Å². The molecule has 1 atom stereocenters. The molecule has 1 N–H and O–H groups in total. The molecule has 2 heterocycles. The number of nitrogens with zero attached hydrogens (tertiary/aromatic N) is 3. The molecule has 0 aliphatic carbocycles. The van der Waals surface area contributed by atoms with Crippen LogP contribution in [0.4, 0.5) is 9.18 Å². The summed E-state index contributed by atoms with van der Waals surface area (Å²) in [6, 6.07) is 4.86. The van der Waals surface area contributed by atoms with Crippen LogP contribution in [0.1, 0.15) is 27.2 Å². The molecule has 1 aromatic carbocycles. The number of carbonyl (C=O) groups excluding carboxylic acids is 2. The smallest absolute Gasteiger partial charge is 0.323 e. The van der Waals surface area contributed by atoms with E-state index < -0.39 is 27.4 Å². The molecule has 2 aliphatic rings. The Morgan fingerprint density at radius 1 is 1.14 bits per heavy atom. The molecule has 2 aliphatic heterocycles. The lowest BCUT2D eigenvalue weighted by Crippen LogP contribution is -2.53. The van der Waals surface area contributed by atoms with Crippen molar-refractivity contribution < 1.29 is 22.4 Å². The zero-order valence-corrected chi connectivity index (χ0v) is 17.7. The number of piperazine rings is 1. The van der Waals surface area contributed by atoms with E-state index in [1.807, 2.05) is 18.7 Å². The molecule has 2 saturated heterocycles. The number of imide groups is 1. The molecule has 10 heteroatoms. The Kier molecular flexibility index (Phi) is 5.98. The minimum absolute atomic E-state index is 0.103. The molecule has 0 saturated carbocycles. The first-order valence-corrected chi connectivity index (χ1v) is 11.1. The lowest BCUT2D eigenvalue weighted by molar-refractivity contribution is -0.133. The number of sulfonamides is 1. The van der Waals surface area contributed by atoms with Crippen molar-refractivity contribution >= 4 is 22.0 Å². The largest absolute Gasteiger partial charge is 0.326 e. The number of hydrogen-bond acceptors (Lipinski definition) is 5. The third kappa shape index (κ3) is 4.29. The van der Waals surface area contributed by atoms with E-state index in [0.717, 1.165) is 6.07 Å². The van der Waals surface area contributed by atoms with Gasteiger partial charge in [-0.25, -0.2) is 22.5 Å². The topological polar surface area (TPSA) is 90.0 Å². The van der Waals surface area contributed by atoms with E-state index in [0.29, 0.717) is 19.5 Å². The predicted molar refractivity (Wildman–Crippen MR) is 105 cm³/mol. The fraction of sp³-hybridized carbons (Fsp3) is 0.579. The fourth-order valence-corrected chi connectivity index (χ4v) is 5.42. The summed E-state index contributed by atoms with van der Waals surface area (Å²) in [7, 11) is -3.93. The van der Waals surface area contributed by atoms with Gasteiger partial charge in [-0.05, 0) is 31.4 Å². The van der Waals surface area contributed by atoms with Crippen LogP contribution in [0, 0.1) is 11.7 Å². The number of benzene rings is 1. The quantitative estimate of drug-likeness (QED) is 0.696. The highest BCUT2D eigenvalue weighted by molar-refractivity contribution is 7.89. The molecule has 8 nitrogen and oxygen atoms in total. The highest BCUT2D eigenvalue weighted by Gasteiger charge is 2.48. The Bertz CT molecular complexity index is 899. The van der Waals surface area contributed by atoms with Crippen molar-refractivity contribution in [1.29, 1.82) is 0 Å². The minimum atomic E-state index is -3.93. The normalized spacial score (nSPS) is 24.4. The highest BCUT2D eigenvalue weighted by atomic mass is 32.2. The highest BCUT2D eigenvalue weighted by Crippen LogP contribution is 2.26. The number of rotatable bonds is 6.